The number of aliphatic imine (C=N–C) groups is 1. The molecule has 0 N–H and O–H groups in total. The highest BCUT2D eigenvalue weighted by Crippen LogP contribution is 2.64. The average Bonchev–Trinajstić information content (AvgIpc) is 3.39. The summed E-state index contributed by atoms with van der Waals surface area (Å²) in [6.45, 7) is 6.95. The Balaban J connectivity index is 1.79. The summed E-state index contributed by atoms with van der Waals surface area (Å²) in [5.74, 6) is 0.430. The number of hydrogen-bond acceptors (Lipinski definition) is 5. The van der Waals surface area contributed by atoms with Crippen LogP contribution in [0, 0.1) is 24.1 Å². The van der Waals surface area contributed by atoms with Crippen LogP contribution >= 0.6 is 7.05 Å². The van der Waals surface area contributed by atoms with Gasteiger partial charge in [-0.1, -0.05) is 62.4 Å². The van der Waals surface area contributed by atoms with Gasteiger partial charge >= 0.3 is 0 Å². The highest BCUT2D eigenvalue weighted by molar-refractivity contribution is 7.86. The number of anilines is 1. The number of rotatable bonds is 4. The molecule has 0 spiro atoms. The van der Waals surface area contributed by atoms with E-state index in [-0.39, 0.29) is 11.2 Å². The number of aromatic nitrogens is 2. The highest BCUT2D eigenvalue weighted by atomic mass is 31.2. The molecule has 3 aromatic carbocycles. The standard InChI is InChI=1S/C32H30FN6P/c1-22-29-31(39(36-22)20-10-19-34)35-21-28(30-32(2,3)26-13-8-9-14-27(26)38(30)4)40(29,25-11-6-5-7-12-25)37-24-17-15-23(33)16-18-24/h5-9,11-18,21H,10,20H2,1-4H3/b30-28+/t40-/m0/s1. The summed E-state index contributed by atoms with van der Waals surface area (Å²) in [6, 6.07) is 27.5. The molecular formula is C32H30FN6P. The summed E-state index contributed by atoms with van der Waals surface area (Å²) < 4.78 is 21.5. The third-order valence-corrected chi connectivity index (χ3v) is 11.6. The van der Waals surface area contributed by atoms with Crippen molar-refractivity contribution in [2.45, 2.75) is 39.2 Å². The zero-order valence-electron chi connectivity index (χ0n) is 23.0. The van der Waals surface area contributed by atoms with Gasteiger partial charge in [-0.3, -0.25) is 4.74 Å². The van der Waals surface area contributed by atoms with Gasteiger partial charge in [-0.05, 0) is 42.8 Å². The van der Waals surface area contributed by atoms with E-state index in [4.69, 9.17) is 14.8 Å². The molecule has 8 heteroatoms. The molecule has 0 unspecified atom stereocenters. The summed E-state index contributed by atoms with van der Waals surface area (Å²) in [5, 5.41) is 17.3. The molecule has 1 atom stereocenters. The molecule has 0 aliphatic carbocycles. The Kier molecular flexibility index (Phi) is 6.32. The molecule has 4 aromatic rings. The van der Waals surface area contributed by atoms with Gasteiger partial charge in [0.15, 0.2) is 5.82 Å². The van der Waals surface area contributed by atoms with Crippen LogP contribution in [0.2, 0.25) is 0 Å². The predicted molar refractivity (Wildman–Crippen MR) is 161 cm³/mol. The predicted octanol–water partition coefficient (Wildman–Crippen LogP) is 7.08. The van der Waals surface area contributed by atoms with Gasteiger partial charge in [0.1, 0.15) is 5.82 Å². The second-order valence-corrected chi connectivity index (χ2v) is 13.5. The smallest absolute Gasteiger partial charge is 0.160 e. The van der Waals surface area contributed by atoms with Crippen LogP contribution in [-0.2, 0) is 12.0 Å². The lowest BCUT2D eigenvalue weighted by Gasteiger charge is -2.35. The van der Waals surface area contributed by atoms with Gasteiger partial charge in [-0.15, -0.1) is 0 Å². The van der Waals surface area contributed by atoms with Crippen molar-refractivity contribution in [3.05, 3.63) is 107 Å². The summed E-state index contributed by atoms with van der Waals surface area (Å²) in [7, 11) is -0.687. The van der Waals surface area contributed by atoms with E-state index in [9.17, 15) is 9.65 Å². The molecule has 0 bridgehead atoms. The van der Waals surface area contributed by atoms with Crippen LogP contribution in [-0.4, -0.2) is 23.0 Å². The van der Waals surface area contributed by atoms with E-state index < -0.39 is 7.05 Å². The first-order chi connectivity index (χ1) is 19.3. The quantitative estimate of drug-likeness (QED) is 0.256. The monoisotopic (exact) mass is 548 g/mol. The molecule has 2 aliphatic heterocycles. The van der Waals surface area contributed by atoms with Crippen LogP contribution in [0.25, 0.3) is 0 Å². The highest BCUT2D eigenvalue weighted by Gasteiger charge is 2.47. The third-order valence-electron chi connectivity index (χ3n) is 7.82. The summed E-state index contributed by atoms with van der Waals surface area (Å²) >= 11 is 0. The van der Waals surface area contributed by atoms with Crippen LogP contribution in [0.15, 0.2) is 99.6 Å². The zero-order valence-corrected chi connectivity index (χ0v) is 23.9. The van der Waals surface area contributed by atoms with E-state index >= 15 is 0 Å². The first-order valence-corrected chi connectivity index (χ1v) is 15.0. The maximum atomic E-state index is 14.0. The number of allylic oxidation sites excluding steroid dienone is 2. The van der Waals surface area contributed by atoms with E-state index in [0.717, 1.165) is 38.8 Å². The fourth-order valence-electron chi connectivity index (χ4n) is 6.13. The van der Waals surface area contributed by atoms with Crippen molar-refractivity contribution in [3.63, 3.8) is 0 Å². The van der Waals surface area contributed by atoms with Gasteiger partial charge in [0.25, 0.3) is 0 Å². The van der Waals surface area contributed by atoms with Gasteiger partial charge in [-0.2, -0.15) is 10.4 Å². The molecule has 0 saturated heterocycles. The third kappa shape index (κ3) is 3.86. The van der Waals surface area contributed by atoms with E-state index in [1.165, 1.54) is 17.7 Å². The molecule has 2 aliphatic rings. The normalized spacial score (nSPS) is 20.6. The number of fused-ring (bicyclic) bond motifs is 2. The van der Waals surface area contributed by atoms with Crippen molar-refractivity contribution in [3.8, 4) is 6.07 Å². The topological polar surface area (TPSA) is 69.6 Å². The maximum absolute atomic E-state index is 14.0. The molecule has 0 fully saturated rings. The van der Waals surface area contributed by atoms with Gasteiger partial charge < -0.3 is 4.90 Å². The van der Waals surface area contributed by atoms with Crippen LogP contribution in [0.3, 0.4) is 0 Å². The van der Waals surface area contributed by atoms with Crippen LogP contribution in [0.5, 0.6) is 0 Å². The van der Waals surface area contributed by atoms with Crippen LogP contribution in [0.1, 0.15) is 31.5 Å². The summed E-state index contributed by atoms with van der Waals surface area (Å²) in [5.41, 5.74) is 4.74. The SMILES string of the molecule is Cc1nn(CCC#N)c2c1[P@](=Nc1ccc(F)cc1)(c1ccccc1)/C(=C1/N(C)c3ccccc3C1(C)C)C=N2. The second-order valence-electron chi connectivity index (χ2n) is 10.6. The van der Waals surface area contributed by atoms with Gasteiger partial charge in [-0.25, -0.2) is 14.1 Å². The lowest BCUT2D eigenvalue weighted by atomic mass is 9.84. The molecular weight excluding hydrogens is 518 g/mol. The Morgan fingerprint density at radius 2 is 1.70 bits per heavy atom. The minimum atomic E-state index is -2.80. The second kappa shape index (κ2) is 9.73. The lowest BCUT2D eigenvalue weighted by Crippen LogP contribution is -2.30. The Morgan fingerprint density at radius 3 is 2.40 bits per heavy atom. The first-order valence-electron chi connectivity index (χ1n) is 13.3. The van der Waals surface area contributed by atoms with E-state index in [2.05, 4.69) is 68.3 Å². The van der Waals surface area contributed by atoms with Crippen molar-refractivity contribution < 1.29 is 4.39 Å². The molecule has 200 valence electrons. The van der Waals surface area contributed by atoms with E-state index in [1.807, 2.05) is 36.0 Å². The molecule has 40 heavy (non-hydrogen) atoms. The molecule has 0 saturated carbocycles. The van der Waals surface area contributed by atoms with Crippen LogP contribution in [0.4, 0.5) is 21.6 Å². The molecule has 0 radical (unpaired) electrons. The number of benzene rings is 3. The summed E-state index contributed by atoms with van der Waals surface area (Å²) in [4.78, 5) is 7.29. The summed E-state index contributed by atoms with van der Waals surface area (Å²) in [6.07, 6.45) is 2.30. The fraction of sp³-hybridized carbons (Fsp3) is 0.219. The maximum Gasteiger partial charge on any atom is 0.160 e. The number of halogens is 1. The molecule has 1 aromatic heterocycles. The van der Waals surface area contributed by atoms with E-state index in [0.29, 0.717) is 18.7 Å². The van der Waals surface area contributed by atoms with Gasteiger partial charge in [0.2, 0.25) is 0 Å². The largest absolute Gasteiger partial charge is 0.346 e. The minimum Gasteiger partial charge on any atom is -0.346 e. The van der Waals surface area contributed by atoms with Crippen LogP contribution < -0.4 is 15.5 Å². The first kappa shape index (κ1) is 26.0. The number of para-hydroxylation sites is 1. The molecule has 6 nitrogen and oxygen atoms in total. The van der Waals surface area contributed by atoms with E-state index in [1.54, 1.807) is 12.1 Å². The van der Waals surface area contributed by atoms with Gasteiger partial charge in [0, 0.05) is 40.7 Å². The number of hydrogen-bond donors (Lipinski definition) is 0. The number of nitrogens with zero attached hydrogens (tertiary/aromatic N) is 6. The number of aryl methyl sites for hydroxylation is 2. The number of nitriles is 1. The Morgan fingerprint density at radius 1 is 1.00 bits per heavy atom. The molecule has 6 rings (SSSR count). The zero-order chi connectivity index (χ0) is 28.1. The Hall–Kier alpha value is -4.27. The van der Waals surface area contributed by atoms with Gasteiger partial charge in [0.05, 0.1) is 42.8 Å². The van der Waals surface area contributed by atoms with Crippen molar-refractivity contribution in [2.24, 2.45) is 9.74 Å². The van der Waals surface area contributed by atoms with Crippen molar-refractivity contribution in [1.82, 2.24) is 9.78 Å². The molecule has 0 amide bonds. The fourth-order valence-corrected chi connectivity index (χ4v) is 10.2. The molecule has 3 heterocycles. The average molecular weight is 549 g/mol. The Bertz CT molecular complexity index is 1770. The van der Waals surface area contributed by atoms with Crippen molar-refractivity contribution in [2.75, 3.05) is 11.9 Å². The van der Waals surface area contributed by atoms with Crippen molar-refractivity contribution in [1.29, 1.82) is 5.26 Å². The lowest BCUT2D eigenvalue weighted by molar-refractivity contribution is 0.626. The van der Waals surface area contributed by atoms with Crippen molar-refractivity contribution >= 4 is 41.1 Å². The minimum absolute atomic E-state index is 0.303. The Labute approximate surface area is 234 Å². The number of likely N-dealkylation sites (N-methyl/N-ethyl adjacent to an activating group) is 1.